The van der Waals surface area contributed by atoms with Crippen LogP contribution in [-0.2, 0) is 41.2 Å². The molecule has 0 bridgehead atoms. The Balaban J connectivity index is 1.60. The van der Waals surface area contributed by atoms with E-state index >= 15 is 0 Å². The number of phenols is 1. The highest BCUT2D eigenvalue weighted by Crippen LogP contribution is 2.42. The van der Waals surface area contributed by atoms with Gasteiger partial charge in [0.1, 0.15) is 12.4 Å². The first-order chi connectivity index (χ1) is 16.4. The van der Waals surface area contributed by atoms with Crippen molar-refractivity contribution in [3.05, 3.63) is 56.4 Å². The molecule has 3 aromatic rings. The fourth-order valence-electron chi connectivity index (χ4n) is 5.64. The molecule has 1 saturated heterocycles. The van der Waals surface area contributed by atoms with Crippen molar-refractivity contribution in [1.29, 1.82) is 0 Å². The second kappa shape index (κ2) is 7.38. The number of ether oxygens (including phenoxy) is 1. The van der Waals surface area contributed by atoms with Gasteiger partial charge >= 0.3 is 5.97 Å². The Morgan fingerprint density at radius 3 is 2.62 bits per heavy atom. The summed E-state index contributed by atoms with van der Waals surface area (Å²) in [6, 6.07) is 5.26. The van der Waals surface area contributed by atoms with E-state index in [2.05, 4.69) is 11.8 Å². The molecule has 8 nitrogen and oxygen atoms in total. The molecule has 0 spiro atoms. The van der Waals surface area contributed by atoms with Crippen molar-refractivity contribution in [1.82, 2.24) is 14.5 Å². The predicted octanol–water partition coefficient (Wildman–Crippen LogP) is 2.55. The Morgan fingerprint density at radius 1 is 1.15 bits per heavy atom. The molecule has 1 fully saturated rings. The molecular formula is C26H27N3O5. The summed E-state index contributed by atoms with van der Waals surface area (Å²) in [5.74, 6) is -0.459. The number of nitrogens with zero attached hydrogens (tertiary/aromatic N) is 3. The van der Waals surface area contributed by atoms with Crippen LogP contribution >= 0.6 is 0 Å². The Kier molecular flexibility index (Phi) is 4.63. The number of rotatable bonds is 4. The van der Waals surface area contributed by atoms with Gasteiger partial charge in [0.25, 0.3) is 5.56 Å². The summed E-state index contributed by atoms with van der Waals surface area (Å²) < 4.78 is 6.83. The van der Waals surface area contributed by atoms with Gasteiger partial charge in [0, 0.05) is 28.6 Å². The number of aromatic hydroxyl groups is 1. The fourth-order valence-corrected chi connectivity index (χ4v) is 5.64. The van der Waals surface area contributed by atoms with Crippen LogP contribution in [0.1, 0.15) is 54.5 Å². The van der Waals surface area contributed by atoms with Gasteiger partial charge in [-0.15, -0.1) is 0 Å². The van der Waals surface area contributed by atoms with Crippen molar-refractivity contribution < 1.29 is 19.7 Å². The molecule has 176 valence electrons. The summed E-state index contributed by atoms with van der Waals surface area (Å²) in [7, 11) is 0. The van der Waals surface area contributed by atoms with E-state index in [0.717, 1.165) is 47.1 Å². The van der Waals surface area contributed by atoms with Gasteiger partial charge < -0.3 is 19.5 Å². The number of pyridine rings is 2. The number of aliphatic hydroxyl groups is 1. The smallest absolute Gasteiger partial charge is 0.343 e. The molecule has 2 N–H and O–H groups in total. The van der Waals surface area contributed by atoms with Gasteiger partial charge in [-0.1, -0.05) is 13.8 Å². The summed E-state index contributed by atoms with van der Waals surface area (Å²) in [6.07, 6.45) is 2.00. The van der Waals surface area contributed by atoms with Crippen LogP contribution in [0.3, 0.4) is 0 Å². The van der Waals surface area contributed by atoms with E-state index in [9.17, 15) is 19.8 Å². The van der Waals surface area contributed by atoms with E-state index in [1.807, 2.05) is 6.07 Å². The van der Waals surface area contributed by atoms with E-state index < -0.39 is 11.6 Å². The molecule has 2 aromatic heterocycles. The van der Waals surface area contributed by atoms with Gasteiger partial charge in [0.15, 0.2) is 5.60 Å². The van der Waals surface area contributed by atoms with Crippen molar-refractivity contribution in [2.45, 2.75) is 58.4 Å². The molecule has 3 aliphatic rings. The molecule has 6 rings (SSSR count). The van der Waals surface area contributed by atoms with Crippen LogP contribution in [-0.4, -0.2) is 43.7 Å². The molecule has 0 unspecified atom stereocenters. The number of hydrogen-bond acceptors (Lipinski definition) is 7. The zero-order valence-corrected chi connectivity index (χ0v) is 19.3. The lowest BCUT2D eigenvalue weighted by atomic mass is 9.86. The number of benzene rings is 1. The number of cyclic esters (lactones) is 1. The zero-order valence-electron chi connectivity index (χ0n) is 19.3. The van der Waals surface area contributed by atoms with Gasteiger partial charge in [-0.2, -0.15) is 0 Å². The minimum atomic E-state index is -1.84. The normalized spacial score (nSPS) is 21.1. The number of likely N-dealkylation sites (tertiary alicyclic amines) is 1. The van der Waals surface area contributed by atoms with Crippen molar-refractivity contribution in [3.8, 4) is 17.1 Å². The Labute approximate surface area is 196 Å². The summed E-state index contributed by atoms with van der Waals surface area (Å²) >= 11 is 0. The third-order valence-corrected chi connectivity index (χ3v) is 7.74. The molecule has 1 aromatic carbocycles. The minimum absolute atomic E-state index is 0.110. The number of phenolic OH excluding ortho intramolecular Hbond substituents is 1. The second-order valence-electron chi connectivity index (χ2n) is 9.46. The number of fused-ring (bicyclic) bond motifs is 5. The zero-order chi connectivity index (χ0) is 23.8. The third-order valence-electron chi connectivity index (χ3n) is 7.74. The summed E-state index contributed by atoms with van der Waals surface area (Å²) in [6.45, 7) is 6.69. The van der Waals surface area contributed by atoms with E-state index in [-0.39, 0.29) is 24.3 Å². The van der Waals surface area contributed by atoms with Crippen LogP contribution in [0.4, 0.5) is 0 Å². The number of carbonyl (C=O) groups is 1. The number of aryl methyl sites for hydroxylation is 1. The van der Waals surface area contributed by atoms with Gasteiger partial charge in [-0.25, -0.2) is 9.78 Å². The van der Waals surface area contributed by atoms with E-state index in [0.29, 0.717) is 35.6 Å². The first kappa shape index (κ1) is 21.3. The summed E-state index contributed by atoms with van der Waals surface area (Å²) in [5.41, 5.74) is 3.52. The standard InChI is InChI=1S/C26H27N3O5/c1-3-14-15-12-29-20(10-18-17(24(29)31)13-34-25(32)26(18,33)4-2)23(15)27-19-6-7-21(30)16(22(14)19)11-28-8-5-9-28/h6-7,10,30,33H,3-5,8-9,11-13H2,1-2H3/t26-/m0/s1. The maximum absolute atomic E-state index is 13.5. The molecule has 0 radical (unpaired) electrons. The molecule has 0 amide bonds. The number of esters is 1. The van der Waals surface area contributed by atoms with Crippen molar-refractivity contribution >= 4 is 16.9 Å². The molecule has 8 heteroatoms. The predicted molar refractivity (Wildman–Crippen MR) is 125 cm³/mol. The second-order valence-corrected chi connectivity index (χ2v) is 9.46. The molecule has 34 heavy (non-hydrogen) atoms. The van der Waals surface area contributed by atoms with Crippen LogP contribution in [0.15, 0.2) is 23.0 Å². The van der Waals surface area contributed by atoms with Crippen molar-refractivity contribution in [2.24, 2.45) is 0 Å². The molecule has 0 saturated carbocycles. The Hall–Kier alpha value is -3.23. The van der Waals surface area contributed by atoms with E-state index in [1.54, 1.807) is 23.6 Å². The third kappa shape index (κ3) is 2.75. The molecule has 3 aliphatic heterocycles. The first-order valence-corrected chi connectivity index (χ1v) is 11.9. The highest BCUT2D eigenvalue weighted by Gasteiger charge is 2.45. The quantitative estimate of drug-likeness (QED) is 0.450. The van der Waals surface area contributed by atoms with E-state index in [4.69, 9.17) is 9.72 Å². The molecule has 1 atom stereocenters. The fraction of sp³-hybridized carbons (Fsp3) is 0.423. The molecule has 5 heterocycles. The summed E-state index contributed by atoms with van der Waals surface area (Å²) in [4.78, 5) is 33.1. The topological polar surface area (TPSA) is 105 Å². The maximum atomic E-state index is 13.5. The van der Waals surface area contributed by atoms with Crippen LogP contribution in [0.2, 0.25) is 0 Å². The first-order valence-electron chi connectivity index (χ1n) is 11.9. The summed E-state index contributed by atoms with van der Waals surface area (Å²) in [5, 5.41) is 22.8. The minimum Gasteiger partial charge on any atom is -0.508 e. The SMILES string of the molecule is CCc1c2c(nc3ccc(O)c(CN4CCC4)c13)-c1cc3c(c(=O)n1C2)COC(=O)[C@]3(O)CC. The van der Waals surface area contributed by atoms with Crippen LogP contribution in [0.25, 0.3) is 22.3 Å². The van der Waals surface area contributed by atoms with Gasteiger partial charge in [-0.05, 0) is 56.1 Å². The van der Waals surface area contributed by atoms with Crippen LogP contribution < -0.4 is 5.56 Å². The lowest BCUT2D eigenvalue weighted by Gasteiger charge is -2.31. The monoisotopic (exact) mass is 461 g/mol. The average molecular weight is 462 g/mol. The highest BCUT2D eigenvalue weighted by molar-refractivity contribution is 5.92. The van der Waals surface area contributed by atoms with Gasteiger partial charge in [-0.3, -0.25) is 9.69 Å². The van der Waals surface area contributed by atoms with Crippen LogP contribution in [0.5, 0.6) is 5.75 Å². The largest absolute Gasteiger partial charge is 0.508 e. The average Bonchev–Trinajstić information content (AvgIpc) is 3.17. The number of hydrogen-bond donors (Lipinski definition) is 2. The lowest BCUT2D eigenvalue weighted by molar-refractivity contribution is -0.172. The van der Waals surface area contributed by atoms with Crippen molar-refractivity contribution in [2.75, 3.05) is 13.1 Å². The molecule has 0 aliphatic carbocycles. The van der Waals surface area contributed by atoms with Gasteiger partial charge in [0.2, 0.25) is 0 Å². The van der Waals surface area contributed by atoms with Crippen LogP contribution in [0, 0.1) is 0 Å². The number of carbonyl (C=O) groups excluding carboxylic acids is 1. The van der Waals surface area contributed by atoms with E-state index in [1.165, 1.54) is 6.42 Å². The Bertz CT molecular complexity index is 1440. The Morgan fingerprint density at radius 2 is 1.94 bits per heavy atom. The maximum Gasteiger partial charge on any atom is 0.343 e. The lowest BCUT2D eigenvalue weighted by Crippen LogP contribution is -2.44. The highest BCUT2D eigenvalue weighted by atomic mass is 16.6. The molecular weight excluding hydrogens is 434 g/mol. The van der Waals surface area contributed by atoms with Gasteiger partial charge in [0.05, 0.1) is 29.0 Å². The number of aromatic nitrogens is 2. The van der Waals surface area contributed by atoms with Crippen molar-refractivity contribution in [3.63, 3.8) is 0 Å².